The minimum absolute atomic E-state index is 0.00671. The molecule has 5 rings (SSSR count). The Morgan fingerprint density at radius 3 is 0.993 bits per heavy atom. The second-order valence-corrected chi connectivity index (χ2v) is 34.7. The maximum Gasteiger partial charge on any atom is 0.330 e. The van der Waals surface area contributed by atoms with Crippen molar-refractivity contribution in [3.05, 3.63) is 185 Å². The summed E-state index contributed by atoms with van der Waals surface area (Å²) < 4.78 is 72.1. The molecule has 0 aliphatic carbocycles. The largest absolute Gasteiger partial charge is 0.481 e. The molecule has 0 aromatic heterocycles. The van der Waals surface area contributed by atoms with Crippen molar-refractivity contribution in [1.29, 1.82) is 0 Å². The Kier molecular flexibility index (Phi) is 70.3. The number of halogens is 5. The number of hydrogen-bond donors (Lipinski definition) is 11. The number of nitrogens with zero attached hydrogens (tertiary/aromatic N) is 4. The number of esters is 1. The zero-order chi connectivity index (χ0) is 106. The SMILES string of the molecule is C=C(CCCC)C(=O)O.CCCCC(C(=O)O)C(=O)O.CCCCC(CN(C=O)OCc1ccccc1)C(=O)N[C@H](C(=O)NC)C(C)(C)C.CCCCC(CN(C=O)OCc1ccccc1)C(=O)O.CCCCC(CN(C=O)OCc1ccccc1)C(=O)Oc1c(F)c(F)c(F)c(F)c1F.CCCCC(CN(O)C=O)C(=O)N[C@H](C(=O)NC)C(C)(C)C.CCCCC(CNOCc1ccccc1)C(=O)O. The van der Waals surface area contributed by atoms with Crippen LogP contribution >= 0.6 is 0 Å². The molecule has 7 atom stereocenters. The number of amides is 8. The first kappa shape index (κ1) is 130. The Morgan fingerprint density at radius 1 is 0.386 bits per heavy atom. The van der Waals surface area contributed by atoms with Gasteiger partial charge < -0.3 is 51.5 Å². The Balaban J connectivity index is 0. The number of carbonyl (C=O) groups is 14. The van der Waals surface area contributed by atoms with Gasteiger partial charge in [-0.2, -0.15) is 8.78 Å². The van der Waals surface area contributed by atoms with Crippen LogP contribution in [-0.4, -0.2) is 195 Å². The second-order valence-electron chi connectivity index (χ2n) is 34.7. The third-order valence-electron chi connectivity index (χ3n) is 20.9. The van der Waals surface area contributed by atoms with E-state index in [4.69, 9.17) is 44.9 Å². The van der Waals surface area contributed by atoms with Crippen LogP contribution in [0.4, 0.5) is 22.0 Å². The van der Waals surface area contributed by atoms with Gasteiger partial charge in [-0.25, -0.2) is 43.7 Å². The van der Waals surface area contributed by atoms with E-state index in [2.05, 4.69) is 45.0 Å². The van der Waals surface area contributed by atoms with Crippen molar-refractivity contribution >= 4 is 85.1 Å². The minimum atomic E-state index is -2.36. The molecule has 0 fully saturated rings. The van der Waals surface area contributed by atoms with Crippen LogP contribution in [0, 0.1) is 75.4 Å². The first-order valence-electron chi connectivity index (χ1n) is 46.9. The molecule has 0 bridgehead atoms. The van der Waals surface area contributed by atoms with Gasteiger partial charge in [0.05, 0.1) is 62.4 Å². The molecule has 0 spiro atoms. The fourth-order valence-corrected chi connectivity index (χ4v) is 12.4. The average molecular weight is 1990 g/mol. The summed E-state index contributed by atoms with van der Waals surface area (Å²) in [6, 6.07) is 36.1. The van der Waals surface area contributed by atoms with Gasteiger partial charge in [-0.1, -0.05) is 301 Å². The summed E-state index contributed by atoms with van der Waals surface area (Å²) in [5.74, 6) is -24.7. The van der Waals surface area contributed by atoms with Gasteiger partial charge in [0.15, 0.2) is 5.92 Å². The van der Waals surface area contributed by atoms with Gasteiger partial charge in [-0.05, 0) is 84.5 Å². The third-order valence-corrected chi connectivity index (χ3v) is 20.9. The van der Waals surface area contributed by atoms with Gasteiger partial charge in [-0.15, -0.1) is 0 Å². The number of ether oxygens (including phenoxy) is 1. The van der Waals surface area contributed by atoms with Gasteiger partial charge in [0.2, 0.25) is 84.1 Å². The molecule has 8 amide bonds. The number of carboxylic acids is 5. The third kappa shape index (κ3) is 56.8. The Labute approximate surface area is 819 Å². The molecular formula is C101H150F5N9O25. The van der Waals surface area contributed by atoms with Crippen molar-refractivity contribution in [3.8, 4) is 5.75 Å². The van der Waals surface area contributed by atoms with E-state index in [0.717, 1.165) is 103 Å². The van der Waals surface area contributed by atoms with Crippen molar-refractivity contribution in [1.82, 2.24) is 47.0 Å². The number of benzene rings is 5. The van der Waals surface area contributed by atoms with Crippen molar-refractivity contribution in [2.75, 3.05) is 46.8 Å². The number of rotatable bonds is 60. The molecule has 34 nitrogen and oxygen atoms in total. The van der Waals surface area contributed by atoms with Crippen molar-refractivity contribution < 1.29 is 144 Å². The zero-order valence-corrected chi connectivity index (χ0v) is 83.5. The quantitative estimate of drug-likeness (QED) is 0.00147. The van der Waals surface area contributed by atoms with Crippen LogP contribution in [0.3, 0.4) is 0 Å². The average Bonchev–Trinajstić information content (AvgIpc) is 0.789. The predicted molar refractivity (Wildman–Crippen MR) is 513 cm³/mol. The van der Waals surface area contributed by atoms with Crippen molar-refractivity contribution in [2.24, 2.45) is 46.3 Å². The zero-order valence-electron chi connectivity index (χ0n) is 83.5. The summed E-state index contributed by atoms with van der Waals surface area (Å²) in [5, 5.41) is 66.8. The number of nitrogens with one attached hydrogen (secondary N) is 5. The highest BCUT2D eigenvalue weighted by Crippen LogP contribution is 2.31. The van der Waals surface area contributed by atoms with Gasteiger partial charge in [0.1, 0.15) is 31.9 Å². The van der Waals surface area contributed by atoms with Crippen molar-refractivity contribution in [2.45, 2.75) is 263 Å². The van der Waals surface area contributed by atoms with Crippen LogP contribution in [0.5, 0.6) is 5.75 Å². The topological polar surface area (TPSA) is 480 Å². The summed E-state index contributed by atoms with van der Waals surface area (Å²) in [6.07, 6.45) is 16.7. The second kappa shape index (κ2) is 75.7. The van der Waals surface area contributed by atoms with E-state index in [1.165, 1.54) is 12.1 Å². The molecule has 784 valence electrons. The highest BCUT2D eigenvalue weighted by Gasteiger charge is 2.38. The van der Waals surface area contributed by atoms with E-state index >= 15 is 0 Å². The number of unbranched alkanes of at least 4 members (excludes halogenated alkanes) is 7. The molecule has 0 saturated carbocycles. The fourth-order valence-electron chi connectivity index (χ4n) is 12.4. The summed E-state index contributed by atoms with van der Waals surface area (Å²) in [6.45, 7) is 29.6. The Bertz CT molecular complexity index is 4370. The monoisotopic (exact) mass is 1980 g/mol. The number of carbonyl (C=O) groups excluding carboxylic acids is 9. The lowest BCUT2D eigenvalue weighted by atomic mass is 9.85. The molecule has 5 aromatic rings. The van der Waals surface area contributed by atoms with Gasteiger partial charge in [-0.3, -0.25) is 86.9 Å². The lowest BCUT2D eigenvalue weighted by Gasteiger charge is -2.32. The van der Waals surface area contributed by atoms with E-state index in [1.54, 1.807) is 37.4 Å². The van der Waals surface area contributed by atoms with E-state index < -0.39 is 123 Å². The van der Waals surface area contributed by atoms with Crippen LogP contribution in [0.1, 0.15) is 247 Å². The Hall–Kier alpha value is -12.2. The normalized spacial score (nSPS) is 12.2. The lowest BCUT2D eigenvalue weighted by Crippen LogP contribution is -2.55. The molecular weight excluding hydrogens is 1830 g/mol. The van der Waals surface area contributed by atoms with E-state index in [9.17, 15) is 94.3 Å². The van der Waals surface area contributed by atoms with Gasteiger partial charge >= 0.3 is 35.8 Å². The Morgan fingerprint density at radius 2 is 0.686 bits per heavy atom. The molecule has 5 aromatic carbocycles. The maximum atomic E-state index is 13.8. The maximum absolute atomic E-state index is 13.8. The smallest absolute Gasteiger partial charge is 0.330 e. The summed E-state index contributed by atoms with van der Waals surface area (Å²) in [5.41, 5.74) is 5.83. The number of likely N-dealkylation sites (N-methyl/N-ethyl adjacent to an activating group) is 2. The van der Waals surface area contributed by atoms with Crippen LogP contribution in [0.25, 0.3) is 0 Å². The number of aliphatic carboxylic acids is 5. The van der Waals surface area contributed by atoms with Crippen LogP contribution in [0.2, 0.25) is 0 Å². The van der Waals surface area contributed by atoms with Crippen molar-refractivity contribution in [3.63, 3.8) is 0 Å². The molecule has 0 heterocycles. The standard InChI is InChI=1S/C22H35N3O4.C21H20F5NO4.C15H29N3O4.C15H21NO4.C14H21NO3.C7H12O4.C7H12O2/c1-6-7-13-18(20(27)24-19(21(28)23-5)22(2,3)4)14-25(16-26)29-15-17-11-9-8-10-12-17;1-2-3-9-14(10-27(12-28)30-11-13-7-5-4-6-8-13)21(29)31-20-18(25)16(23)15(22)17(24)19(20)26;1-6-7-8-11(9-18(22)10-19)13(20)17-12(14(21)16-5)15(2,3)4;1-2-3-9-14(15(18)19)10-16(12-17)20-11-13-7-5-4-6-8-13;1-2-3-9-13(14(16)17)10-15-18-11-12-7-5-4-6-8-12;1-2-3-4-5(6(8)9)7(10)11;1-3-4-5-6(2)7(8)9/h8-12,16,18-19H,6-7,13-15H2,1-5H3,(H,23,28)(H,24,27);4-8,12,14H,2-3,9-11H2,1H3;10-12,22H,6-9H2,1-5H3,(H,16,21)(H,17,20);4-8,12,14H,2-3,9-11H2,1H3,(H,18,19);4-8,13,15H,2-3,9-11H2,1H3,(H,16,17);5H,2-4H2,1H3,(H,8,9)(H,10,11);2-5H2,1H3,(H,8,9)/t18?,19-;;11?,12-;;;;/m1.1..../s1. The number of hydrogen-bond acceptors (Lipinski definition) is 21. The summed E-state index contributed by atoms with van der Waals surface area (Å²) >= 11 is 0. The molecule has 39 heteroatoms. The van der Waals surface area contributed by atoms with Crippen LogP contribution in [0.15, 0.2) is 133 Å². The fraction of sp³-hybridized carbons (Fsp3) is 0.545. The molecule has 0 aliphatic heterocycles. The minimum Gasteiger partial charge on any atom is -0.481 e. The molecule has 5 unspecified atom stereocenters. The van der Waals surface area contributed by atoms with Crippen LogP contribution < -0.4 is 31.5 Å². The lowest BCUT2D eigenvalue weighted by molar-refractivity contribution is -0.184. The first-order chi connectivity index (χ1) is 66.4. The predicted octanol–water partition coefficient (Wildman–Crippen LogP) is 16.1. The highest BCUT2D eigenvalue weighted by atomic mass is 19.2. The molecule has 0 radical (unpaired) electrons. The molecule has 140 heavy (non-hydrogen) atoms. The molecule has 0 saturated heterocycles. The summed E-state index contributed by atoms with van der Waals surface area (Å²) in [7, 11) is 3.07. The molecule has 11 N–H and O–H groups in total. The first-order valence-corrected chi connectivity index (χ1v) is 46.9. The van der Waals surface area contributed by atoms with Crippen LogP contribution in [-0.2, 0) is 113 Å². The number of hydroxylamine groups is 9. The van der Waals surface area contributed by atoms with Gasteiger partial charge in [0.25, 0.3) is 0 Å². The van der Waals surface area contributed by atoms with E-state index in [-0.39, 0.29) is 94.8 Å². The highest BCUT2D eigenvalue weighted by molar-refractivity contribution is 5.93. The molecule has 0 aliphatic rings. The van der Waals surface area contributed by atoms with E-state index in [1.807, 2.05) is 174 Å². The summed E-state index contributed by atoms with van der Waals surface area (Å²) in [4.78, 5) is 181. The van der Waals surface area contributed by atoms with E-state index in [0.29, 0.717) is 94.4 Å². The number of carboxylic acid groups (broad SMARTS) is 5. The van der Waals surface area contributed by atoms with Gasteiger partial charge in [0, 0.05) is 26.2 Å².